The minimum absolute atomic E-state index is 0.0110. The van der Waals surface area contributed by atoms with E-state index in [9.17, 15) is 9.59 Å². The van der Waals surface area contributed by atoms with Crippen molar-refractivity contribution >= 4 is 5.91 Å². The lowest BCUT2D eigenvalue weighted by molar-refractivity contribution is -0.120. The molecule has 1 amide bonds. The number of H-pyrrole nitrogens is 1. The highest BCUT2D eigenvalue weighted by Gasteiger charge is 2.13. The van der Waals surface area contributed by atoms with Crippen LogP contribution in [0, 0.1) is 6.92 Å². The molecule has 0 aliphatic rings. The lowest BCUT2D eigenvalue weighted by atomic mass is 10.1. The fourth-order valence-electron chi connectivity index (χ4n) is 2.47. The van der Waals surface area contributed by atoms with E-state index in [1.807, 2.05) is 6.07 Å². The standard InChI is InChI=1S/C18H18N4O3/c1-12-15(11-16(23)20-9-6-14-3-2-10-25-14)18(24)22-17(21-12)13-4-7-19-8-5-13/h2-5,7-8,10H,6,9,11H2,1H3,(H,20,23)(H,21,22,24). The second-order valence-electron chi connectivity index (χ2n) is 5.57. The first kappa shape index (κ1) is 16.6. The molecular formula is C18H18N4O3. The number of rotatable bonds is 6. The van der Waals surface area contributed by atoms with Crippen molar-refractivity contribution in [1.82, 2.24) is 20.3 Å². The van der Waals surface area contributed by atoms with Gasteiger partial charge in [0.25, 0.3) is 5.56 Å². The smallest absolute Gasteiger partial charge is 0.255 e. The number of aromatic nitrogens is 3. The van der Waals surface area contributed by atoms with E-state index >= 15 is 0 Å². The van der Waals surface area contributed by atoms with Gasteiger partial charge in [-0.25, -0.2) is 4.98 Å². The molecule has 3 heterocycles. The number of hydrogen-bond donors (Lipinski definition) is 2. The third kappa shape index (κ3) is 4.20. The number of carbonyl (C=O) groups excluding carboxylic acids is 1. The number of nitrogens with one attached hydrogen (secondary N) is 2. The van der Waals surface area contributed by atoms with Crippen molar-refractivity contribution in [1.29, 1.82) is 0 Å². The Morgan fingerprint density at radius 2 is 2.08 bits per heavy atom. The third-order valence-electron chi connectivity index (χ3n) is 3.79. The maximum atomic E-state index is 12.3. The van der Waals surface area contributed by atoms with Crippen molar-refractivity contribution < 1.29 is 9.21 Å². The number of carbonyl (C=O) groups is 1. The zero-order valence-corrected chi connectivity index (χ0v) is 13.8. The molecule has 0 atom stereocenters. The average molecular weight is 338 g/mol. The Bertz CT molecular complexity index is 902. The van der Waals surface area contributed by atoms with E-state index in [1.54, 1.807) is 43.8 Å². The highest BCUT2D eigenvalue weighted by atomic mass is 16.3. The Morgan fingerprint density at radius 3 is 2.76 bits per heavy atom. The molecule has 128 valence electrons. The fourth-order valence-corrected chi connectivity index (χ4v) is 2.47. The minimum Gasteiger partial charge on any atom is -0.469 e. The Kier molecular flexibility index (Phi) is 5.03. The van der Waals surface area contributed by atoms with Crippen LogP contribution < -0.4 is 10.9 Å². The number of aryl methyl sites for hydroxylation is 1. The molecule has 0 saturated carbocycles. The average Bonchev–Trinajstić information content (AvgIpc) is 3.12. The molecule has 2 N–H and O–H groups in total. The Morgan fingerprint density at radius 1 is 1.28 bits per heavy atom. The van der Waals surface area contributed by atoms with E-state index in [0.29, 0.717) is 30.0 Å². The van der Waals surface area contributed by atoms with E-state index in [-0.39, 0.29) is 17.9 Å². The first-order valence-electron chi connectivity index (χ1n) is 7.93. The summed E-state index contributed by atoms with van der Waals surface area (Å²) in [7, 11) is 0. The van der Waals surface area contributed by atoms with Crippen LogP contribution in [0.25, 0.3) is 11.4 Å². The summed E-state index contributed by atoms with van der Waals surface area (Å²) in [6.07, 6.45) is 5.45. The van der Waals surface area contributed by atoms with Gasteiger partial charge in [0.2, 0.25) is 5.91 Å². The normalized spacial score (nSPS) is 10.6. The van der Waals surface area contributed by atoms with Gasteiger partial charge in [0.15, 0.2) is 0 Å². The van der Waals surface area contributed by atoms with Crippen LogP contribution >= 0.6 is 0 Å². The van der Waals surface area contributed by atoms with Gasteiger partial charge >= 0.3 is 0 Å². The zero-order valence-electron chi connectivity index (χ0n) is 13.8. The molecule has 0 spiro atoms. The molecule has 0 aliphatic heterocycles. The van der Waals surface area contributed by atoms with Crippen molar-refractivity contribution in [2.45, 2.75) is 19.8 Å². The third-order valence-corrected chi connectivity index (χ3v) is 3.79. The van der Waals surface area contributed by atoms with Gasteiger partial charge in [0, 0.05) is 42.2 Å². The predicted molar refractivity (Wildman–Crippen MR) is 92.0 cm³/mol. The van der Waals surface area contributed by atoms with Crippen LogP contribution in [0.5, 0.6) is 0 Å². The van der Waals surface area contributed by atoms with Crippen LogP contribution in [0.2, 0.25) is 0 Å². The highest BCUT2D eigenvalue weighted by Crippen LogP contribution is 2.13. The summed E-state index contributed by atoms with van der Waals surface area (Å²) in [5, 5.41) is 2.78. The molecule has 0 aliphatic carbocycles. The van der Waals surface area contributed by atoms with Crippen LogP contribution in [0.4, 0.5) is 0 Å². The Labute approximate surface area is 144 Å². The molecular weight excluding hydrogens is 320 g/mol. The number of amides is 1. The van der Waals surface area contributed by atoms with Crippen LogP contribution in [0.15, 0.2) is 52.1 Å². The summed E-state index contributed by atoms with van der Waals surface area (Å²) < 4.78 is 5.21. The molecule has 25 heavy (non-hydrogen) atoms. The summed E-state index contributed by atoms with van der Waals surface area (Å²) in [5.41, 5.74) is 1.37. The Hall–Kier alpha value is -3.22. The van der Waals surface area contributed by atoms with Gasteiger partial charge in [0.1, 0.15) is 11.6 Å². The van der Waals surface area contributed by atoms with Gasteiger partial charge in [-0.1, -0.05) is 0 Å². The molecule has 0 bridgehead atoms. The second-order valence-corrected chi connectivity index (χ2v) is 5.57. The number of hydrogen-bond acceptors (Lipinski definition) is 5. The lowest BCUT2D eigenvalue weighted by Gasteiger charge is -2.08. The Balaban J connectivity index is 1.66. The van der Waals surface area contributed by atoms with Gasteiger partial charge in [-0.05, 0) is 31.2 Å². The molecule has 0 unspecified atom stereocenters. The van der Waals surface area contributed by atoms with Crippen molar-refractivity contribution in [3.8, 4) is 11.4 Å². The molecule has 0 aromatic carbocycles. The van der Waals surface area contributed by atoms with E-state index in [4.69, 9.17) is 4.42 Å². The summed E-state index contributed by atoms with van der Waals surface area (Å²) in [6.45, 7) is 2.18. The SMILES string of the molecule is Cc1nc(-c2ccncc2)[nH]c(=O)c1CC(=O)NCCc1ccco1. The second kappa shape index (κ2) is 7.57. The number of furan rings is 1. The first-order valence-corrected chi connectivity index (χ1v) is 7.93. The predicted octanol–water partition coefficient (Wildman–Crippen LogP) is 1.63. The molecule has 0 radical (unpaired) electrons. The van der Waals surface area contributed by atoms with E-state index in [1.165, 1.54) is 0 Å². The van der Waals surface area contributed by atoms with Crippen molar-refractivity contribution in [2.75, 3.05) is 6.54 Å². The van der Waals surface area contributed by atoms with Crippen molar-refractivity contribution in [3.05, 3.63) is 70.3 Å². The van der Waals surface area contributed by atoms with Crippen LogP contribution in [0.1, 0.15) is 17.0 Å². The quantitative estimate of drug-likeness (QED) is 0.711. The van der Waals surface area contributed by atoms with E-state index in [0.717, 1.165) is 11.3 Å². The maximum absolute atomic E-state index is 12.3. The van der Waals surface area contributed by atoms with Crippen LogP contribution in [0.3, 0.4) is 0 Å². The molecule has 3 aromatic heterocycles. The minimum atomic E-state index is -0.305. The molecule has 3 aromatic rings. The number of nitrogens with zero attached hydrogens (tertiary/aromatic N) is 2. The van der Waals surface area contributed by atoms with E-state index in [2.05, 4.69) is 20.3 Å². The van der Waals surface area contributed by atoms with Gasteiger partial charge in [-0.2, -0.15) is 0 Å². The van der Waals surface area contributed by atoms with Crippen LogP contribution in [-0.2, 0) is 17.6 Å². The fraction of sp³-hybridized carbons (Fsp3) is 0.222. The summed E-state index contributed by atoms with van der Waals surface area (Å²) >= 11 is 0. The molecule has 0 fully saturated rings. The van der Waals surface area contributed by atoms with Gasteiger partial charge in [-0.15, -0.1) is 0 Å². The van der Waals surface area contributed by atoms with E-state index < -0.39 is 0 Å². The molecule has 7 heteroatoms. The van der Waals surface area contributed by atoms with Crippen molar-refractivity contribution in [2.24, 2.45) is 0 Å². The van der Waals surface area contributed by atoms with Crippen molar-refractivity contribution in [3.63, 3.8) is 0 Å². The summed E-state index contributed by atoms with van der Waals surface area (Å²) in [5.74, 6) is 1.04. The zero-order chi connectivity index (χ0) is 17.6. The van der Waals surface area contributed by atoms with Gasteiger partial charge in [0.05, 0.1) is 12.7 Å². The summed E-state index contributed by atoms with van der Waals surface area (Å²) in [4.78, 5) is 35.5. The summed E-state index contributed by atoms with van der Waals surface area (Å²) in [6, 6.07) is 7.18. The van der Waals surface area contributed by atoms with Crippen LogP contribution in [-0.4, -0.2) is 27.4 Å². The number of pyridine rings is 1. The monoisotopic (exact) mass is 338 g/mol. The topological polar surface area (TPSA) is 101 Å². The lowest BCUT2D eigenvalue weighted by Crippen LogP contribution is -2.30. The molecule has 3 rings (SSSR count). The molecule has 7 nitrogen and oxygen atoms in total. The maximum Gasteiger partial charge on any atom is 0.255 e. The molecule has 0 saturated heterocycles. The first-order chi connectivity index (χ1) is 12.1. The number of aromatic amines is 1. The van der Waals surface area contributed by atoms with Gasteiger partial charge in [-0.3, -0.25) is 14.6 Å². The van der Waals surface area contributed by atoms with Gasteiger partial charge < -0.3 is 14.7 Å². The highest BCUT2D eigenvalue weighted by molar-refractivity contribution is 5.78. The largest absolute Gasteiger partial charge is 0.469 e.